The van der Waals surface area contributed by atoms with E-state index in [-0.39, 0.29) is 45.3 Å². The summed E-state index contributed by atoms with van der Waals surface area (Å²) in [5.74, 6) is -4.10. The van der Waals surface area contributed by atoms with E-state index in [4.69, 9.17) is 23.7 Å². The lowest BCUT2D eigenvalue weighted by atomic mass is 9.67. The molecule has 2 N–H and O–H groups in total. The van der Waals surface area contributed by atoms with Gasteiger partial charge in [0, 0.05) is 27.1 Å². The van der Waals surface area contributed by atoms with Crippen molar-refractivity contribution in [1.29, 1.82) is 0 Å². The summed E-state index contributed by atoms with van der Waals surface area (Å²) >= 11 is 0. The third kappa shape index (κ3) is 2.83. The van der Waals surface area contributed by atoms with Crippen LogP contribution in [0.4, 0.5) is 0 Å². The summed E-state index contributed by atoms with van der Waals surface area (Å²) < 4.78 is 29.5. The number of hydrogen-bond acceptors (Lipinski definition) is 10. The third-order valence-electron chi connectivity index (χ3n) is 8.54. The number of cyclic esters (lactones) is 1. The van der Waals surface area contributed by atoms with Gasteiger partial charge in [0.05, 0.1) is 19.8 Å². The van der Waals surface area contributed by atoms with Gasteiger partial charge >= 0.3 is 17.9 Å². The maximum atomic E-state index is 13.9. The van der Waals surface area contributed by atoms with E-state index in [1.54, 1.807) is 62.4 Å². The molecule has 10 nitrogen and oxygen atoms in total. The summed E-state index contributed by atoms with van der Waals surface area (Å²) in [5, 5.41) is 24.2. The molecule has 1 spiro atoms. The second-order valence-electron chi connectivity index (χ2n) is 10.8. The molecule has 4 aromatic carbocycles. The Morgan fingerprint density at radius 1 is 0.756 bits per heavy atom. The summed E-state index contributed by atoms with van der Waals surface area (Å²) in [4.78, 5) is 40.3. The van der Waals surface area contributed by atoms with Gasteiger partial charge in [-0.2, -0.15) is 0 Å². The normalized spacial score (nSPS) is 23.0. The van der Waals surface area contributed by atoms with E-state index in [0.29, 0.717) is 21.5 Å². The second-order valence-corrected chi connectivity index (χ2v) is 10.8. The van der Waals surface area contributed by atoms with Gasteiger partial charge in [-0.25, -0.2) is 9.59 Å². The molecule has 0 aliphatic carbocycles. The first-order chi connectivity index (χ1) is 19.6. The van der Waals surface area contributed by atoms with Crippen molar-refractivity contribution in [1.82, 2.24) is 0 Å². The topological polar surface area (TPSA) is 138 Å². The molecule has 3 aliphatic heterocycles. The summed E-state index contributed by atoms with van der Waals surface area (Å²) in [7, 11) is 2.36. The zero-order valence-electron chi connectivity index (χ0n) is 22.4. The molecule has 1 saturated heterocycles. The van der Waals surface area contributed by atoms with E-state index in [1.165, 1.54) is 14.2 Å². The Morgan fingerprint density at radius 3 is 1.78 bits per heavy atom. The molecular formula is C31H24O10. The molecule has 0 radical (unpaired) electrons. The van der Waals surface area contributed by atoms with Crippen LogP contribution in [0.5, 0.6) is 23.0 Å². The van der Waals surface area contributed by atoms with Crippen LogP contribution in [0.1, 0.15) is 57.7 Å². The number of methoxy groups -OCH3 is 2. The Morgan fingerprint density at radius 2 is 1.24 bits per heavy atom. The first-order valence-electron chi connectivity index (χ1n) is 12.9. The minimum absolute atomic E-state index is 0.0563. The summed E-state index contributed by atoms with van der Waals surface area (Å²) in [6.45, 7) is 3.30. The Labute approximate surface area is 232 Å². The van der Waals surface area contributed by atoms with Crippen LogP contribution in [-0.4, -0.2) is 53.5 Å². The molecule has 41 heavy (non-hydrogen) atoms. The van der Waals surface area contributed by atoms with Crippen LogP contribution in [0.25, 0.3) is 21.5 Å². The summed E-state index contributed by atoms with van der Waals surface area (Å²) in [5.41, 5.74) is -3.23. The molecule has 3 aliphatic rings. The molecule has 10 heteroatoms. The van der Waals surface area contributed by atoms with Crippen molar-refractivity contribution in [3.8, 4) is 23.0 Å². The fourth-order valence-electron chi connectivity index (χ4n) is 6.79. The number of phenols is 2. The number of carbonyl (C=O) groups is 3. The Balaban J connectivity index is 1.66. The molecule has 4 aromatic rings. The van der Waals surface area contributed by atoms with Gasteiger partial charge in [0.2, 0.25) is 5.60 Å². The maximum absolute atomic E-state index is 13.9. The van der Waals surface area contributed by atoms with Crippen molar-refractivity contribution in [2.75, 3.05) is 14.2 Å². The van der Waals surface area contributed by atoms with Gasteiger partial charge in [-0.3, -0.25) is 4.79 Å². The second kappa shape index (κ2) is 8.03. The van der Waals surface area contributed by atoms with Crippen LogP contribution >= 0.6 is 0 Å². The number of esters is 3. The lowest BCUT2D eigenvalue weighted by Crippen LogP contribution is -2.59. The van der Waals surface area contributed by atoms with E-state index in [0.717, 1.165) is 0 Å². The van der Waals surface area contributed by atoms with E-state index in [9.17, 15) is 24.6 Å². The van der Waals surface area contributed by atoms with E-state index in [2.05, 4.69) is 0 Å². The number of hydrogen-bond donors (Lipinski definition) is 2. The number of aromatic hydroxyl groups is 2. The predicted molar refractivity (Wildman–Crippen MR) is 144 cm³/mol. The average molecular weight is 557 g/mol. The number of fused-ring (bicyclic) bond motifs is 8. The highest BCUT2D eigenvalue weighted by atomic mass is 16.6. The summed E-state index contributed by atoms with van der Waals surface area (Å²) in [6, 6.07) is 13.5. The van der Waals surface area contributed by atoms with Crippen LogP contribution in [-0.2, 0) is 19.0 Å². The average Bonchev–Trinajstić information content (AvgIpc) is 3.42. The van der Waals surface area contributed by atoms with Gasteiger partial charge < -0.3 is 33.9 Å². The molecule has 0 aromatic heterocycles. The van der Waals surface area contributed by atoms with Gasteiger partial charge in [-0.05, 0) is 13.8 Å². The minimum atomic E-state index is -1.67. The van der Waals surface area contributed by atoms with E-state index >= 15 is 0 Å². The van der Waals surface area contributed by atoms with Gasteiger partial charge in [0.1, 0.15) is 40.0 Å². The van der Waals surface area contributed by atoms with Crippen molar-refractivity contribution >= 4 is 39.5 Å². The molecule has 1 fully saturated rings. The smallest absolute Gasteiger partial charge is 0.342 e. The van der Waals surface area contributed by atoms with Crippen molar-refractivity contribution in [2.24, 2.45) is 0 Å². The predicted octanol–water partition coefficient (Wildman–Crippen LogP) is 4.66. The van der Waals surface area contributed by atoms with E-state index in [1.807, 2.05) is 0 Å². The Hall–Kier alpha value is -4.99. The molecule has 1 unspecified atom stereocenters. The fourth-order valence-corrected chi connectivity index (χ4v) is 6.79. The molecule has 7 rings (SSSR count). The quantitative estimate of drug-likeness (QED) is 0.265. The van der Waals surface area contributed by atoms with Crippen LogP contribution < -0.4 is 9.47 Å². The van der Waals surface area contributed by atoms with Crippen LogP contribution in [0, 0.1) is 0 Å². The van der Waals surface area contributed by atoms with Crippen molar-refractivity contribution in [2.45, 2.75) is 37.1 Å². The highest BCUT2D eigenvalue weighted by Crippen LogP contribution is 2.68. The highest BCUT2D eigenvalue weighted by molar-refractivity contribution is 6.10. The largest absolute Gasteiger partial charge is 0.506 e. The SMILES string of the molecule is COC(=O)c1c2c(c3ccccc3c1O)O[C@H]1c3c(C(=O)OC)c(O)c4ccccc4c3O[C@@]13C2C(=O)OC3(C)C. The molecule has 0 bridgehead atoms. The summed E-state index contributed by atoms with van der Waals surface area (Å²) in [6.07, 6.45) is -1.18. The number of phenolic OH excluding ortho intramolecular Hbond substituents is 2. The molecule has 208 valence electrons. The maximum Gasteiger partial charge on any atom is 0.342 e. The van der Waals surface area contributed by atoms with Crippen molar-refractivity contribution < 1.29 is 48.3 Å². The zero-order valence-corrected chi connectivity index (χ0v) is 22.4. The lowest BCUT2D eigenvalue weighted by Gasteiger charge is -2.45. The standard InChI is InChI=1S/C31H24O10/c1-30(2)31-21(29(36)41-30)17-18(27(34)37-3)22(32)13-9-5-7-11-15(13)24(17)39-26(31)20-19(28(35)38-4)23(33)14-10-6-8-12-16(14)25(20)40-31/h5-12,21,26,32-33H,1-4H3/t21?,26-,31-/m0/s1. The van der Waals surface area contributed by atoms with Crippen LogP contribution in [0.2, 0.25) is 0 Å². The minimum Gasteiger partial charge on any atom is -0.506 e. The van der Waals surface area contributed by atoms with Gasteiger partial charge in [-0.1, -0.05) is 48.5 Å². The Kier molecular flexibility index (Phi) is 4.90. The number of carbonyl (C=O) groups excluding carboxylic acids is 3. The molecule has 3 heterocycles. The number of ether oxygens (including phenoxy) is 5. The number of benzene rings is 4. The Bertz CT molecular complexity index is 1870. The van der Waals surface area contributed by atoms with Crippen LogP contribution in [0.15, 0.2) is 48.5 Å². The molecule has 0 saturated carbocycles. The van der Waals surface area contributed by atoms with Gasteiger partial charge in [0.25, 0.3) is 0 Å². The lowest BCUT2D eigenvalue weighted by molar-refractivity contribution is -0.154. The van der Waals surface area contributed by atoms with Gasteiger partial charge in [0.15, 0.2) is 11.7 Å². The highest BCUT2D eigenvalue weighted by Gasteiger charge is 2.76. The first-order valence-corrected chi connectivity index (χ1v) is 12.9. The molecule has 3 atom stereocenters. The fraction of sp³-hybridized carbons (Fsp3) is 0.258. The first kappa shape index (κ1) is 25.0. The molecule has 0 amide bonds. The van der Waals surface area contributed by atoms with Crippen molar-refractivity contribution in [3.63, 3.8) is 0 Å². The molecular weight excluding hydrogens is 532 g/mol. The van der Waals surface area contributed by atoms with Crippen LogP contribution in [0.3, 0.4) is 0 Å². The van der Waals surface area contributed by atoms with E-state index < -0.39 is 41.1 Å². The third-order valence-corrected chi connectivity index (χ3v) is 8.54. The monoisotopic (exact) mass is 556 g/mol. The zero-order chi connectivity index (χ0) is 29.0. The van der Waals surface area contributed by atoms with Gasteiger partial charge in [-0.15, -0.1) is 0 Å². The number of rotatable bonds is 2. The van der Waals surface area contributed by atoms with Crippen molar-refractivity contribution in [3.05, 3.63) is 70.8 Å².